The van der Waals surface area contributed by atoms with Crippen molar-refractivity contribution in [1.82, 2.24) is 5.32 Å². The highest BCUT2D eigenvalue weighted by Gasteiger charge is 2.15. The van der Waals surface area contributed by atoms with Crippen LogP contribution in [0.4, 0.5) is 0 Å². The van der Waals surface area contributed by atoms with E-state index in [0.717, 1.165) is 6.42 Å². The minimum absolute atomic E-state index is 0.0436. The number of carbonyl (C=O) groups is 1. The Hall–Kier alpha value is -1.35. The summed E-state index contributed by atoms with van der Waals surface area (Å²) in [6, 6.07) is 8.36. The molecule has 0 radical (unpaired) electrons. The van der Waals surface area contributed by atoms with Crippen LogP contribution in [0.2, 0.25) is 0 Å². The summed E-state index contributed by atoms with van der Waals surface area (Å²) < 4.78 is 5.27. The normalized spacial score (nSPS) is 14.0. The Morgan fingerprint density at radius 1 is 1.33 bits per heavy atom. The number of benzene rings is 1. The third-order valence-electron chi connectivity index (χ3n) is 2.96. The molecule has 1 aromatic rings. The highest BCUT2D eigenvalue weighted by atomic mass is 16.5. The van der Waals surface area contributed by atoms with Crippen molar-refractivity contribution in [2.75, 3.05) is 6.61 Å². The van der Waals surface area contributed by atoms with Gasteiger partial charge in [-0.3, -0.25) is 4.79 Å². The molecular formula is C15H23NO2. The van der Waals surface area contributed by atoms with Crippen LogP contribution < -0.4 is 5.32 Å². The molecular weight excluding hydrogens is 226 g/mol. The van der Waals surface area contributed by atoms with Crippen LogP contribution in [0.1, 0.15) is 31.9 Å². The first-order valence-corrected chi connectivity index (χ1v) is 6.51. The molecule has 3 heteroatoms. The van der Waals surface area contributed by atoms with Gasteiger partial charge in [0.2, 0.25) is 5.91 Å². The van der Waals surface area contributed by atoms with Crippen molar-refractivity contribution < 1.29 is 9.53 Å². The first-order chi connectivity index (χ1) is 8.54. The molecule has 0 aromatic heterocycles. The Labute approximate surface area is 110 Å². The highest BCUT2D eigenvalue weighted by molar-refractivity contribution is 5.80. The van der Waals surface area contributed by atoms with Crippen molar-refractivity contribution in [3.8, 4) is 0 Å². The molecule has 100 valence electrons. The summed E-state index contributed by atoms with van der Waals surface area (Å²) in [4.78, 5) is 11.8. The molecule has 0 spiro atoms. The Morgan fingerprint density at radius 2 is 2.00 bits per heavy atom. The molecule has 1 rings (SSSR count). The third kappa shape index (κ3) is 4.49. The Kier molecular flexibility index (Phi) is 5.86. The summed E-state index contributed by atoms with van der Waals surface area (Å²) in [7, 11) is 0. The van der Waals surface area contributed by atoms with E-state index in [1.165, 1.54) is 11.1 Å². The molecule has 0 unspecified atom stereocenters. The van der Waals surface area contributed by atoms with Crippen LogP contribution in [0, 0.1) is 6.92 Å². The van der Waals surface area contributed by atoms with Gasteiger partial charge in [0.15, 0.2) is 0 Å². The number of amides is 1. The van der Waals surface area contributed by atoms with Gasteiger partial charge in [-0.15, -0.1) is 0 Å². The van der Waals surface area contributed by atoms with E-state index in [0.29, 0.717) is 6.61 Å². The maximum absolute atomic E-state index is 11.8. The van der Waals surface area contributed by atoms with E-state index in [1.54, 1.807) is 6.92 Å². The van der Waals surface area contributed by atoms with Crippen molar-refractivity contribution in [2.45, 2.75) is 46.3 Å². The number of hydrogen-bond donors (Lipinski definition) is 1. The van der Waals surface area contributed by atoms with Crippen LogP contribution in [-0.2, 0) is 16.0 Å². The van der Waals surface area contributed by atoms with Crippen molar-refractivity contribution in [1.29, 1.82) is 0 Å². The molecule has 3 nitrogen and oxygen atoms in total. The molecule has 0 aliphatic carbocycles. The summed E-state index contributed by atoms with van der Waals surface area (Å²) in [5.74, 6) is -0.0436. The average Bonchev–Trinajstić information content (AvgIpc) is 2.32. The first kappa shape index (κ1) is 14.7. The lowest BCUT2D eigenvalue weighted by atomic mass is 10.0. The summed E-state index contributed by atoms with van der Waals surface area (Å²) >= 11 is 0. The third-order valence-corrected chi connectivity index (χ3v) is 2.96. The molecule has 0 bridgehead atoms. The van der Waals surface area contributed by atoms with Gasteiger partial charge in [0.25, 0.3) is 0 Å². The van der Waals surface area contributed by atoms with Gasteiger partial charge in [-0.1, -0.05) is 24.3 Å². The minimum atomic E-state index is -0.380. The average molecular weight is 249 g/mol. The van der Waals surface area contributed by atoms with Gasteiger partial charge in [0, 0.05) is 12.6 Å². The summed E-state index contributed by atoms with van der Waals surface area (Å²) in [6.45, 7) is 8.33. The number of ether oxygens (including phenoxy) is 1. The predicted octanol–water partition coefficient (Wildman–Crippen LogP) is 2.47. The zero-order valence-electron chi connectivity index (χ0n) is 11.7. The van der Waals surface area contributed by atoms with Crippen LogP contribution in [0.3, 0.4) is 0 Å². The van der Waals surface area contributed by atoms with E-state index in [9.17, 15) is 4.79 Å². The van der Waals surface area contributed by atoms with E-state index in [2.05, 4.69) is 24.4 Å². The summed E-state index contributed by atoms with van der Waals surface area (Å²) in [5, 5.41) is 2.98. The van der Waals surface area contributed by atoms with Crippen molar-refractivity contribution in [2.24, 2.45) is 0 Å². The second-order valence-corrected chi connectivity index (χ2v) is 4.64. The van der Waals surface area contributed by atoms with Crippen LogP contribution in [0.15, 0.2) is 24.3 Å². The van der Waals surface area contributed by atoms with E-state index < -0.39 is 0 Å². The minimum Gasteiger partial charge on any atom is -0.369 e. The molecule has 0 aliphatic rings. The molecule has 0 fully saturated rings. The maximum atomic E-state index is 11.8. The topological polar surface area (TPSA) is 38.3 Å². The first-order valence-electron chi connectivity index (χ1n) is 6.51. The van der Waals surface area contributed by atoms with Crippen molar-refractivity contribution in [3.05, 3.63) is 35.4 Å². The zero-order valence-corrected chi connectivity index (χ0v) is 11.7. The molecule has 2 atom stereocenters. The predicted molar refractivity (Wildman–Crippen MR) is 73.6 cm³/mol. The SMILES string of the molecule is CCO[C@@H](C)C(=O)N[C@@H](C)Cc1ccccc1C. The lowest BCUT2D eigenvalue weighted by molar-refractivity contribution is -0.132. The van der Waals surface area contributed by atoms with Gasteiger partial charge in [0.1, 0.15) is 6.10 Å². The van der Waals surface area contributed by atoms with Crippen LogP contribution in [-0.4, -0.2) is 24.7 Å². The fourth-order valence-electron chi connectivity index (χ4n) is 1.91. The standard InChI is InChI=1S/C15H23NO2/c1-5-18-13(4)15(17)16-12(3)10-14-9-7-6-8-11(14)2/h6-9,12-13H,5,10H2,1-4H3,(H,16,17)/t12-,13-/m0/s1. The summed E-state index contributed by atoms with van der Waals surface area (Å²) in [6.07, 6.45) is 0.464. The van der Waals surface area contributed by atoms with E-state index in [1.807, 2.05) is 26.0 Å². The van der Waals surface area contributed by atoms with Crippen molar-refractivity contribution >= 4 is 5.91 Å². The van der Waals surface area contributed by atoms with Crippen molar-refractivity contribution in [3.63, 3.8) is 0 Å². The Morgan fingerprint density at radius 3 is 2.61 bits per heavy atom. The van der Waals surface area contributed by atoms with Gasteiger partial charge in [-0.25, -0.2) is 0 Å². The van der Waals surface area contributed by atoms with Gasteiger partial charge >= 0.3 is 0 Å². The fraction of sp³-hybridized carbons (Fsp3) is 0.533. The van der Waals surface area contributed by atoms with Crippen LogP contribution in [0.25, 0.3) is 0 Å². The van der Waals surface area contributed by atoms with Gasteiger partial charge in [-0.2, -0.15) is 0 Å². The second kappa shape index (κ2) is 7.17. The van der Waals surface area contributed by atoms with Crippen LogP contribution >= 0.6 is 0 Å². The number of aryl methyl sites for hydroxylation is 1. The molecule has 1 amide bonds. The Balaban J connectivity index is 2.49. The lowest BCUT2D eigenvalue weighted by Crippen LogP contribution is -2.41. The number of carbonyl (C=O) groups excluding carboxylic acids is 1. The number of nitrogens with one attached hydrogen (secondary N) is 1. The largest absolute Gasteiger partial charge is 0.369 e. The monoisotopic (exact) mass is 249 g/mol. The van der Waals surface area contributed by atoms with Gasteiger partial charge in [-0.05, 0) is 45.2 Å². The molecule has 1 aromatic carbocycles. The molecule has 0 heterocycles. The van der Waals surface area contributed by atoms with Gasteiger partial charge < -0.3 is 10.1 Å². The number of rotatable bonds is 6. The molecule has 1 N–H and O–H groups in total. The number of hydrogen-bond acceptors (Lipinski definition) is 2. The van der Waals surface area contributed by atoms with E-state index in [4.69, 9.17) is 4.74 Å². The Bertz CT molecular complexity index is 390. The summed E-state index contributed by atoms with van der Waals surface area (Å²) in [5.41, 5.74) is 2.53. The molecule has 18 heavy (non-hydrogen) atoms. The van der Waals surface area contributed by atoms with Gasteiger partial charge in [0.05, 0.1) is 0 Å². The molecule has 0 saturated heterocycles. The van der Waals surface area contributed by atoms with E-state index >= 15 is 0 Å². The fourth-order valence-corrected chi connectivity index (χ4v) is 1.91. The highest BCUT2D eigenvalue weighted by Crippen LogP contribution is 2.09. The second-order valence-electron chi connectivity index (χ2n) is 4.64. The molecule has 0 saturated carbocycles. The zero-order chi connectivity index (χ0) is 13.5. The van der Waals surface area contributed by atoms with E-state index in [-0.39, 0.29) is 18.1 Å². The quantitative estimate of drug-likeness (QED) is 0.841. The molecule has 0 aliphatic heterocycles. The maximum Gasteiger partial charge on any atom is 0.249 e. The smallest absolute Gasteiger partial charge is 0.249 e. The lowest BCUT2D eigenvalue weighted by Gasteiger charge is -2.18. The van der Waals surface area contributed by atoms with Crippen LogP contribution in [0.5, 0.6) is 0 Å².